The molecule has 2 amide bonds. The number of alkyl halides is 3. The van der Waals surface area contributed by atoms with E-state index in [1.165, 1.54) is 19.1 Å². The number of hydrogen-bond acceptors (Lipinski definition) is 8. The lowest BCUT2D eigenvalue weighted by Gasteiger charge is -2.32. The summed E-state index contributed by atoms with van der Waals surface area (Å²) >= 11 is 0. The summed E-state index contributed by atoms with van der Waals surface area (Å²) < 4.78 is 51.9. The number of nitrogens with one attached hydrogen (secondary N) is 1. The first-order valence-electron chi connectivity index (χ1n) is 12.6. The molecule has 0 spiro atoms. The van der Waals surface area contributed by atoms with E-state index in [-0.39, 0.29) is 36.0 Å². The second-order valence-electron chi connectivity index (χ2n) is 9.40. The first-order chi connectivity index (χ1) is 19.4. The van der Waals surface area contributed by atoms with Crippen LogP contribution in [0.4, 0.5) is 13.2 Å². The molecule has 1 fully saturated rings. The Morgan fingerprint density at radius 2 is 1.80 bits per heavy atom. The summed E-state index contributed by atoms with van der Waals surface area (Å²) in [7, 11) is 2.55. The molecule has 41 heavy (non-hydrogen) atoms. The smallest absolute Gasteiger partial charge is 0.422 e. The number of halogens is 3. The number of nitrogens with zero attached hydrogens (tertiary/aromatic N) is 4. The average Bonchev–Trinajstić information content (AvgIpc) is 3.24. The third-order valence-electron chi connectivity index (χ3n) is 6.70. The second-order valence-corrected chi connectivity index (χ2v) is 9.40. The molecule has 2 N–H and O–H groups in total. The van der Waals surface area contributed by atoms with Gasteiger partial charge < -0.3 is 29.4 Å². The van der Waals surface area contributed by atoms with Gasteiger partial charge in [-0.05, 0) is 12.8 Å². The number of benzene rings is 1. The number of Topliss-reactive ketones (excluding diaryl/α,β-unsaturated/α-hetero) is 1. The van der Waals surface area contributed by atoms with E-state index >= 15 is 0 Å². The monoisotopic (exact) mass is 579 g/mol. The summed E-state index contributed by atoms with van der Waals surface area (Å²) in [6.45, 7) is -2.44. The van der Waals surface area contributed by atoms with Crippen molar-refractivity contribution in [3.05, 3.63) is 51.9 Å². The number of rotatable bonds is 9. The van der Waals surface area contributed by atoms with Gasteiger partial charge in [0.15, 0.2) is 29.5 Å². The lowest BCUT2D eigenvalue weighted by atomic mass is 10.0. The van der Waals surface area contributed by atoms with Crippen molar-refractivity contribution >= 4 is 28.6 Å². The van der Waals surface area contributed by atoms with Crippen molar-refractivity contribution in [2.75, 3.05) is 33.4 Å². The van der Waals surface area contributed by atoms with Crippen LogP contribution in [0.15, 0.2) is 35.1 Å². The first-order valence-corrected chi connectivity index (χ1v) is 12.6. The number of aromatic nitrogens is 3. The fraction of sp³-hybridized carbons (Fsp3) is 0.423. The van der Waals surface area contributed by atoms with E-state index in [1.54, 1.807) is 30.3 Å². The predicted octanol–water partition coefficient (Wildman–Crippen LogP) is 1.28. The summed E-state index contributed by atoms with van der Waals surface area (Å²) in [5.74, 6) is -2.38. The molecule has 1 aromatic carbocycles. The number of aliphatic hydroxyl groups is 1. The molecule has 12 nitrogen and oxygen atoms in total. The van der Waals surface area contributed by atoms with Crippen LogP contribution in [0.1, 0.15) is 33.7 Å². The number of aliphatic hydroxyl groups excluding tert-OH is 1. The number of hydrogen-bond donors (Lipinski definition) is 2. The minimum atomic E-state index is -4.79. The Hall–Kier alpha value is -4.40. The maximum absolute atomic E-state index is 13.7. The Balaban J connectivity index is 1.75. The van der Waals surface area contributed by atoms with Gasteiger partial charge >= 0.3 is 12.2 Å². The molecule has 3 aromatic rings. The standard InChI is InChI=1S/C26H28F3N5O7/c1-32-20(23(38)30-16-8-10-33(11-9-16)18(37)13-35)21(41-14-26(27,28)29)19-22(32)31-25(40-2)34(24(19)39)12-17(36)15-6-4-3-5-7-15/h3-7,16,35H,8-14H2,1-2H3,(H,30,38). The van der Waals surface area contributed by atoms with Crippen molar-refractivity contribution in [3.63, 3.8) is 0 Å². The molecule has 1 saturated heterocycles. The Morgan fingerprint density at radius 1 is 1.15 bits per heavy atom. The van der Waals surface area contributed by atoms with Crippen LogP contribution in [-0.2, 0) is 18.4 Å². The quantitative estimate of drug-likeness (QED) is 0.361. The molecule has 0 radical (unpaired) electrons. The molecule has 2 aromatic heterocycles. The van der Waals surface area contributed by atoms with Crippen LogP contribution in [0.3, 0.4) is 0 Å². The molecule has 0 unspecified atom stereocenters. The van der Waals surface area contributed by atoms with E-state index in [2.05, 4.69) is 10.3 Å². The molecule has 0 atom stereocenters. The van der Waals surface area contributed by atoms with Gasteiger partial charge in [0.05, 0.1) is 13.7 Å². The highest BCUT2D eigenvalue weighted by Crippen LogP contribution is 2.32. The third kappa shape index (κ3) is 6.34. The minimum absolute atomic E-state index is 0.180. The van der Waals surface area contributed by atoms with Crippen LogP contribution in [-0.4, -0.2) is 87.4 Å². The van der Waals surface area contributed by atoms with Gasteiger partial charge in [-0.2, -0.15) is 18.2 Å². The molecular weight excluding hydrogens is 551 g/mol. The Bertz CT molecular complexity index is 1510. The Kier molecular flexibility index (Phi) is 8.66. The van der Waals surface area contributed by atoms with E-state index in [4.69, 9.17) is 14.6 Å². The average molecular weight is 580 g/mol. The second kappa shape index (κ2) is 12.0. The van der Waals surface area contributed by atoms with Gasteiger partial charge in [-0.1, -0.05) is 30.3 Å². The highest BCUT2D eigenvalue weighted by Gasteiger charge is 2.34. The Morgan fingerprint density at radius 3 is 2.39 bits per heavy atom. The zero-order valence-electron chi connectivity index (χ0n) is 22.2. The van der Waals surface area contributed by atoms with Crippen molar-refractivity contribution in [3.8, 4) is 11.8 Å². The molecule has 1 aliphatic rings. The molecule has 0 bridgehead atoms. The largest absolute Gasteiger partial charge is 0.481 e. The Labute approximate surface area is 231 Å². The third-order valence-corrected chi connectivity index (χ3v) is 6.70. The van der Waals surface area contributed by atoms with Gasteiger partial charge in [-0.25, -0.2) is 0 Å². The fourth-order valence-electron chi connectivity index (χ4n) is 4.67. The molecule has 4 rings (SSSR count). The van der Waals surface area contributed by atoms with E-state index in [1.807, 2.05) is 0 Å². The number of carbonyl (C=O) groups is 3. The van der Waals surface area contributed by atoms with Crippen LogP contribution < -0.4 is 20.3 Å². The molecule has 220 valence electrons. The van der Waals surface area contributed by atoms with Crippen LogP contribution in [0.25, 0.3) is 11.0 Å². The van der Waals surface area contributed by atoms with Crippen molar-refractivity contribution < 1.29 is 42.1 Å². The van der Waals surface area contributed by atoms with Crippen molar-refractivity contribution in [1.29, 1.82) is 0 Å². The summed E-state index contributed by atoms with van der Waals surface area (Å²) in [4.78, 5) is 57.3. The van der Waals surface area contributed by atoms with Gasteiger partial charge in [0.1, 0.15) is 12.0 Å². The summed E-state index contributed by atoms with van der Waals surface area (Å²) in [5.41, 5.74) is -1.20. The fourth-order valence-corrected chi connectivity index (χ4v) is 4.67. The lowest BCUT2D eigenvalue weighted by molar-refractivity contribution is -0.153. The number of piperidine rings is 1. The number of fused-ring (bicyclic) bond motifs is 1. The van der Waals surface area contributed by atoms with Gasteiger partial charge in [0, 0.05) is 31.7 Å². The van der Waals surface area contributed by atoms with E-state index < -0.39 is 66.3 Å². The maximum Gasteiger partial charge on any atom is 0.422 e. The number of amides is 2. The molecular formula is C26H28F3N5O7. The number of aryl methyl sites for hydroxylation is 1. The lowest BCUT2D eigenvalue weighted by Crippen LogP contribution is -2.47. The maximum atomic E-state index is 13.7. The molecule has 0 aliphatic carbocycles. The number of methoxy groups -OCH3 is 1. The predicted molar refractivity (Wildman–Crippen MR) is 138 cm³/mol. The minimum Gasteiger partial charge on any atom is -0.481 e. The SMILES string of the molecule is COc1nc2c(c(OCC(F)(F)F)c(C(=O)NC3CCN(C(=O)CO)CC3)n2C)c(=O)n1CC(=O)c1ccccc1. The number of likely N-dealkylation sites (tertiary alicyclic amines) is 1. The number of carbonyl (C=O) groups excluding carboxylic acids is 3. The molecule has 1 aliphatic heterocycles. The first kappa shape index (κ1) is 29.6. The van der Waals surface area contributed by atoms with Crippen molar-refractivity contribution in [1.82, 2.24) is 24.3 Å². The number of ether oxygens (including phenoxy) is 2. The van der Waals surface area contributed by atoms with Crippen LogP contribution in [0.2, 0.25) is 0 Å². The topological polar surface area (TPSA) is 145 Å². The van der Waals surface area contributed by atoms with Crippen molar-refractivity contribution in [2.45, 2.75) is 31.6 Å². The zero-order valence-corrected chi connectivity index (χ0v) is 22.2. The van der Waals surface area contributed by atoms with Gasteiger partial charge in [0.25, 0.3) is 11.5 Å². The van der Waals surface area contributed by atoms with Crippen LogP contribution >= 0.6 is 0 Å². The molecule has 15 heteroatoms. The van der Waals surface area contributed by atoms with Gasteiger partial charge in [-0.3, -0.25) is 23.7 Å². The normalized spacial score (nSPS) is 14.2. The molecule has 3 heterocycles. The molecule has 0 saturated carbocycles. The van der Waals surface area contributed by atoms with Crippen LogP contribution in [0.5, 0.6) is 11.8 Å². The van der Waals surface area contributed by atoms with Crippen molar-refractivity contribution in [2.24, 2.45) is 7.05 Å². The van der Waals surface area contributed by atoms with Gasteiger partial charge in [0.2, 0.25) is 5.91 Å². The van der Waals surface area contributed by atoms with Gasteiger partial charge in [-0.15, -0.1) is 0 Å². The van der Waals surface area contributed by atoms with Crippen LogP contribution in [0, 0.1) is 0 Å². The summed E-state index contributed by atoms with van der Waals surface area (Å²) in [5, 5.41) is 11.4. The number of ketones is 1. The van der Waals surface area contributed by atoms with E-state index in [9.17, 15) is 32.3 Å². The highest BCUT2D eigenvalue weighted by atomic mass is 19.4. The van der Waals surface area contributed by atoms with E-state index in [0.717, 1.165) is 9.13 Å². The summed E-state index contributed by atoms with van der Waals surface area (Å²) in [6, 6.07) is 7.32. The van der Waals surface area contributed by atoms with E-state index in [0.29, 0.717) is 12.8 Å². The summed E-state index contributed by atoms with van der Waals surface area (Å²) in [6.07, 6.45) is -4.12. The highest BCUT2D eigenvalue weighted by molar-refractivity contribution is 6.03. The zero-order chi connectivity index (χ0) is 29.9.